The van der Waals surface area contributed by atoms with Gasteiger partial charge in [-0.1, -0.05) is 18.2 Å². The maximum atomic E-state index is 5.71. The Kier molecular flexibility index (Phi) is 2.61. The van der Waals surface area contributed by atoms with Crippen molar-refractivity contribution in [1.29, 1.82) is 0 Å². The predicted molar refractivity (Wildman–Crippen MR) is 59.0 cm³/mol. The molecule has 13 heavy (non-hydrogen) atoms. The van der Waals surface area contributed by atoms with E-state index in [2.05, 4.69) is 30.8 Å². The molecule has 0 saturated heterocycles. The van der Waals surface area contributed by atoms with Gasteiger partial charge in [0.1, 0.15) is 0 Å². The number of fused-ring (bicyclic) bond motifs is 1. The predicted octanol–water partition coefficient (Wildman–Crippen LogP) is 2.45. The second kappa shape index (κ2) is 3.72. The van der Waals surface area contributed by atoms with E-state index in [1.165, 1.54) is 36.8 Å². The Hall–Kier alpha value is -0.470. The van der Waals surface area contributed by atoms with Gasteiger partial charge in [-0.2, -0.15) is 12.6 Å². The second-order valence-electron chi connectivity index (χ2n) is 3.68. The molecule has 1 nitrogen and oxygen atoms in total. The van der Waals surface area contributed by atoms with Gasteiger partial charge in [0.05, 0.1) is 5.37 Å². The molecule has 0 saturated carbocycles. The highest BCUT2D eigenvalue weighted by Crippen LogP contribution is 2.24. The number of thiol groups is 1. The SMILES string of the molecule is NC(S)c1ccc2c(c1)CCCC2. The lowest BCUT2D eigenvalue weighted by Gasteiger charge is -2.17. The topological polar surface area (TPSA) is 26.0 Å². The number of aryl methyl sites for hydroxylation is 2. The van der Waals surface area contributed by atoms with E-state index in [0.717, 1.165) is 5.56 Å². The fourth-order valence-corrected chi connectivity index (χ4v) is 2.10. The molecule has 70 valence electrons. The molecule has 1 aliphatic rings. The lowest BCUT2D eigenvalue weighted by molar-refractivity contribution is 0.684. The molecular weight excluding hydrogens is 178 g/mol. The van der Waals surface area contributed by atoms with Crippen LogP contribution < -0.4 is 5.73 Å². The molecule has 0 aromatic heterocycles. The summed E-state index contributed by atoms with van der Waals surface area (Å²) in [5, 5.41) is -0.132. The monoisotopic (exact) mass is 193 g/mol. The third kappa shape index (κ3) is 1.89. The lowest BCUT2D eigenvalue weighted by atomic mass is 9.90. The normalized spacial score (nSPS) is 18.0. The Morgan fingerprint density at radius 3 is 2.54 bits per heavy atom. The van der Waals surface area contributed by atoms with Gasteiger partial charge in [-0.05, 0) is 42.4 Å². The molecule has 2 heteroatoms. The van der Waals surface area contributed by atoms with Crippen molar-refractivity contribution in [3.63, 3.8) is 0 Å². The van der Waals surface area contributed by atoms with Crippen molar-refractivity contribution in [3.05, 3.63) is 34.9 Å². The number of hydrogen-bond acceptors (Lipinski definition) is 2. The Bertz CT molecular complexity index is 307. The van der Waals surface area contributed by atoms with Crippen molar-refractivity contribution in [2.24, 2.45) is 5.73 Å². The average Bonchev–Trinajstić information content (AvgIpc) is 2.17. The van der Waals surface area contributed by atoms with Crippen molar-refractivity contribution in [2.45, 2.75) is 31.1 Å². The van der Waals surface area contributed by atoms with E-state index < -0.39 is 0 Å². The van der Waals surface area contributed by atoms with Crippen molar-refractivity contribution < 1.29 is 0 Å². The molecule has 0 heterocycles. The molecule has 1 unspecified atom stereocenters. The number of rotatable bonds is 1. The van der Waals surface area contributed by atoms with Crippen molar-refractivity contribution >= 4 is 12.6 Å². The molecule has 0 radical (unpaired) electrons. The first-order valence-electron chi connectivity index (χ1n) is 4.83. The van der Waals surface area contributed by atoms with Crippen LogP contribution in [0.5, 0.6) is 0 Å². The van der Waals surface area contributed by atoms with E-state index in [1.807, 2.05) is 0 Å². The minimum Gasteiger partial charge on any atom is -0.316 e. The Labute approximate surface area is 84.7 Å². The molecule has 1 aromatic rings. The number of hydrogen-bond donors (Lipinski definition) is 2. The smallest absolute Gasteiger partial charge is 0.0734 e. The summed E-state index contributed by atoms with van der Waals surface area (Å²) in [6.45, 7) is 0. The van der Waals surface area contributed by atoms with Crippen LogP contribution in [-0.4, -0.2) is 0 Å². The summed E-state index contributed by atoms with van der Waals surface area (Å²) in [6, 6.07) is 6.52. The largest absolute Gasteiger partial charge is 0.316 e. The van der Waals surface area contributed by atoms with Gasteiger partial charge >= 0.3 is 0 Å². The van der Waals surface area contributed by atoms with Crippen LogP contribution in [0.2, 0.25) is 0 Å². The van der Waals surface area contributed by atoms with E-state index in [4.69, 9.17) is 5.73 Å². The molecule has 2 N–H and O–H groups in total. The fraction of sp³-hybridized carbons (Fsp3) is 0.455. The lowest BCUT2D eigenvalue weighted by Crippen LogP contribution is -2.07. The van der Waals surface area contributed by atoms with E-state index in [-0.39, 0.29) is 5.37 Å². The van der Waals surface area contributed by atoms with Crippen LogP contribution in [0.25, 0.3) is 0 Å². The third-order valence-corrected chi connectivity index (χ3v) is 3.01. The maximum absolute atomic E-state index is 5.71. The first-order valence-corrected chi connectivity index (χ1v) is 5.34. The number of nitrogens with two attached hydrogens (primary N) is 1. The molecule has 0 bridgehead atoms. The highest BCUT2D eigenvalue weighted by atomic mass is 32.1. The van der Waals surface area contributed by atoms with Gasteiger partial charge in [0.15, 0.2) is 0 Å². The minimum absolute atomic E-state index is 0.132. The zero-order valence-electron chi connectivity index (χ0n) is 7.66. The van der Waals surface area contributed by atoms with E-state index in [9.17, 15) is 0 Å². The summed E-state index contributed by atoms with van der Waals surface area (Å²) in [5.41, 5.74) is 9.84. The standard InChI is InChI=1S/C11H15NS/c12-11(13)10-6-5-8-3-1-2-4-9(8)7-10/h5-7,11,13H,1-4,12H2. The molecule has 2 rings (SSSR count). The quantitative estimate of drug-likeness (QED) is 0.520. The molecule has 0 fully saturated rings. The Balaban J connectivity index is 2.35. The van der Waals surface area contributed by atoms with Crippen molar-refractivity contribution in [2.75, 3.05) is 0 Å². The third-order valence-electron chi connectivity index (χ3n) is 2.71. The average molecular weight is 193 g/mol. The molecule has 0 spiro atoms. The first kappa shape index (κ1) is 9.10. The van der Waals surface area contributed by atoms with E-state index in [0.29, 0.717) is 0 Å². The molecular formula is C11H15NS. The van der Waals surface area contributed by atoms with Crippen LogP contribution in [0.15, 0.2) is 18.2 Å². The van der Waals surface area contributed by atoms with Crippen LogP contribution in [0.3, 0.4) is 0 Å². The minimum atomic E-state index is -0.132. The molecule has 1 aliphatic carbocycles. The summed E-state index contributed by atoms with van der Waals surface area (Å²) < 4.78 is 0. The second-order valence-corrected chi connectivity index (χ2v) is 4.24. The van der Waals surface area contributed by atoms with Crippen molar-refractivity contribution in [1.82, 2.24) is 0 Å². The van der Waals surface area contributed by atoms with Crippen LogP contribution >= 0.6 is 12.6 Å². The van der Waals surface area contributed by atoms with Gasteiger partial charge in [-0.25, -0.2) is 0 Å². The van der Waals surface area contributed by atoms with Crippen LogP contribution in [0.4, 0.5) is 0 Å². The van der Waals surface area contributed by atoms with Gasteiger partial charge in [0.25, 0.3) is 0 Å². The summed E-state index contributed by atoms with van der Waals surface area (Å²) in [5.74, 6) is 0. The van der Waals surface area contributed by atoms with E-state index >= 15 is 0 Å². The van der Waals surface area contributed by atoms with Gasteiger partial charge in [0, 0.05) is 0 Å². The zero-order chi connectivity index (χ0) is 9.26. The summed E-state index contributed by atoms with van der Waals surface area (Å²) in [6.07, 6.45) is 5.10. The van der Waals surface area contributed by atoms with Crippen LogP contribution in [0, 0.1) is 0 Å². The Morgan fingerprint density at radius 1 is 1.15 bits per heavy atom. The summed E-state index contributed by atoms with van der Waals surface area (Å²) in [7, 11) is 0. The van der Waals surface area contributed by atoms with Gasteiger partial charge in [-0.15, -0.1) is 0 Å². The molecule has 1 aromatic carbocycles. The van der Waals surface area contributed by atoms with Gasteiger partial charge < -0.3 is 5.73 Å². The highest BCUT2D eigenvalue weighted by Gasteiger charge is 2.10. The van der Waals surface area contributed by atoms with E-state index in [1.54, 1.807) is 0 Å². The molecule has 0 amide bonds. The van der Waals surface area contributed by atoms with Crippen LogP contribution in [-0.2, 0) is 12.8 Å². The molecule has 0 aliphatic heterocycles. The van der Waals surface area contributed by atoms with Gasteiger partial charge in [-0.3, -0.25) is 0 Å². The fourth-order valence-electron chi connectivity index (χ4n) is 1.94. The Morgan fingerprint density at radius 2 is 1.85 bits per heavy atom. The maximum Gasteiger partial charge on any atom is 0.0734 e. The highest BCUT2D eigenvalue weighted by molar-refractivity contribution is 7.80. The summed E-state index contributed by atoms with van der Waals surface area (Å²) in [4.78, 5) is 0. The molecule has 1 atom stereocenters. The van der Waals surface area contributed by atoms with Gasteiger partial charge in [0.2, 0.25) is 0 Å². The van der Waals surface area contributed by atoms with Crippen molar-refractivity contribution in [3.8, 4) is 0 Å². The number of benzene rings is 1. The summed E-state index contributed by atoms with van der Waals surface area (Å²) >= 11 is 4.23. The van der Waals surface area contributed by atoms with Crippen LogP contribution in [0.1, 0.15) is 34.9 Å². The first-order chi connectivity index (χ1) is 6.27. The zero-order valence-corrected chi connectivity index (χ0v) is 8.56.